The highest BCUT2D eigenvalue weighted by Crippen LogP contribution is 2.19. The molecule has 112 valence electrons. The summed E-state index contributed by atoms with van der Waals surface area (Å²) in [6, 6.07) is 10.6. The minimum absolute atomic E-state index is 0.0550. The molecule has 3 N–H and O–H groups in total. The molecular formula is C16H20N2O3. The van der Waals surface area contributed by atoms with Gasteiger partial charge in [0.2, 0.25) is 0 Å². The smallest absolute Gasteiger partial charge is 0.319 e. The third-order valence-electron chi connectivity index (χ3n) is 3.27. The first-order valence-corrected chi connectivity index (χ1v) is 6.91. The molecule has 0 fully saturated rings. The molecule has 5 heteroatoms. The maximum absolute atomic E-state index is 11.8. The van der Waals surface area contributed by atoms with Crippen LogP contribution in [0.25, 0.3) is 0 Å². The number of benzene rings is 1. The van der Waals surface area contributed by atoms with E-state index in [1.807, 2.05) is 24.3 Å². The number of aryl methyl sites for hydroxylation is 1. The molecule has 1 heterocycles. The van der Waals surface area contributed by atoms with Crippen LogP contribution in [0.1, 0.15) is 25.2 Å². The van der Waals surface area contributed by atoms with E-state index < -0.39 is 5.60 Å². The molecule has 1 aromatic heterocycles. The lowest BCUT2D eigenvalue weighted by atomic mass is 10.0. The number of carbonyl (C=O) groups is 1. The summed E-state index contributed by atoms with van der Waals surface area (Å²) < 4.78 is 5.15. The van der Waals surface area contributed by atoms with Crippen molar-refractivity contribution in [3.63, 3.8) is 0 Å². The van der Waals surface area contributed by atoms with Gasteiger partial charge in [-0.1, -0.05) is 19.1 Å². The van der Waals surface area contributed by atoms with E-state index in [0.29, 0.717) is 11.4 Å². The van der Waals surface area contributed by atoms with Gasteiger partial charge in [0.15, 0.2) is 0 Å². The second kappa shape index (κ2) is 6.45. The second-order valence-electron chi connectivity index (χ2n) is 5.11. The number of urea groups is 1. The van der Waals surface area contributed by atoms with Crippen LogP contribution in [0.4, 0.5) is 10.5 Å². The zero-order valence-electron chi connectivity index (χ0n) is 12.2. The van der Waals surface area contributed by atoms with E-state index in [4.69, 9.17) is 4.42 Å². The number of amides is 2. The van der Waals surface area contributed by atoms with Crippen LogP contribution in [-0.2, 0) is 12.0 Å². The molecule has 2 rings (SSSR count). The molecule has 21 heavy (non-hydrogen) atoms. The van der Waals surface area contributed by atoms with E-state index in [1.54, 1.807) is 19.1 Å². The van der Waals surface area contributed by atoms with E-state index in [0.717, 1.165) is 6.42 Å². The number of hydrogen-bond donors (Lipinski definition) is 3. The summed E-state index contributed by atoms with van der Waals surface area (Å²) in [4.78, 5) is 11.8. The highest BCUT2D eigenvalue weighted by molar-refractivity contribution is 5.89. The SMILES string of the molecule is CCc1ccc(NC(=O)NCC(C)(O)c2ccco2)cc1. The fourth-order valence-corrected chi connectivity index (χ4v) is 1.92. The summed E-state index contributed by atoms with van der Waals surface area (Å²) in [6.45, 7) is 3.72. The fraction of sp³-hybridized carbons (Fsp3) is 0.312. The minimum Gasteiger partial charge on any atom is -0.466 e. The molecule has 0 aliphatic rings. The Morgan fingerprint density at radius 3 is 2.57 bits per heavy atom. The Morgan fingerprint density at radius 2 is 2.00 bits per heavy atom. The van der Waals surface area contributed by atoms with Crippen LogP contribution in [0.15, 0.2) is 47.1 Å². The second-order valence-corrected chi connectivity index (χ2v) is 5.11. The molecule has 0 aliphatic carbocycles. The third kappa shape index (κ3) is 4.10. The molecule has 5 nitrogen and oxygen atoms in total. The Morgan fingerprint density at radius 1 is 1.29 bits per heavy atom. The molecule has 1 aromatic carbocycles. The Hall–Kier alpha value is -2.27. The monoisotopic (exact) mass is 288 g/mol. The number of nitrogens with one attached hydrogen (secondary N) is 2. The lowest BCUT2D eigenvalue weighted by molar-refractivity contribution is 0.0372. The molecule has 0 aliphatic heterocycles. The van der Waals surface area contributed by atoms with E-state index in [1.165, 1.54) is 11.8 Å². The van der Waals surface area contributed by atoms with E-state index in [2.05, 4.69) is 17.6 Å². The van der Waals surface area contributed by atoms with Crippen molar-refractivity contribution in [2.24, 2.45) is 0 Å². The van der Waals surface area contributed by atoms with Gasteiger partial charge in [-0.2, -0.15) is 0 Å². The van der Waals surface area contributed by atoms with E-state index >= 15 is 0 Å². The Bertz CT molecular complexity index is 574. The molecule has 0 spiro atoms. The van der Waals surface area contributed by atoms with Crippen LogP contribution in [0, 0.1) is 0 Å². The molecule has 2 amide bonds. The number of aliphatic hydroxyl groups is 1. The Labute approximate surface area is 124 Å². The van der Waals surface area contributed by atoms with Gasteiger partial charge >= 0.3 is 6.03 Å². The summed E-state index contributed by atoms with van der Waals surface area (Å²) in [7, 11) is 0. The predicted octanol–water partition coefficient (Wildman–Crippen LogP) is 2.87. The maximum atomic E-state index is 11.8. The minimum atomic E-state index is -1.24. The van der Waals surface area contributed by atoms with Crippen molar-refractivity contribution in [2.75, 3.05) is 11.9 Å². The van der Waals surface area contributed by atoms with Gasteiger partial charge in [0.05, 0.1) is 12.8 Å². The first kappa shape index (κ1) is 15.1. The summed E-state index contributed by atoms with van der Waals surface area (Å²) in [5.41, 5.74) is 0.677. The summed E-state index contributed by atoms with van der Waals surface area (Å²) >= 11 is 0. The third-order valence-corrected chi connectivity index (χ3v) is 3.27. The zero-order valence-corrected chi connectivity index (χ0v) is 12.2. The Kier molecular flexibility index (Phi) is 4.65. The van der Waals surface area contributed by atoms with Gasteiger partial charge in [0.25, 0.3) is 0 Å². The van der Waals surface area contributed by atoms with Crippen molar-refractivity contribution in [3.8, 4) is 0 Å². The first-order chi connectivity index (χ1) is 10.0. The Balaban J connectivity index is 1.87. The van der Waals surface area contributed by atoms with E-state index in [9.17, 15) is 9.90 Å². The molecule has 2 aromatic rings. The van der Waals surface area contributed by atoms with E-state index in [-0.39, 0.29) is 12.6 Å². The van der Waals surface area contributed by atoms with Crippen LogP contribution in [0.5, 0.6) is 0 Å². The molecule has 1 atom stereocenters. The van der Waals surface area contributed by atoms with Crippen molar-refractivity contribution >= 4 is 11.7 Å². The van der Waals surface area contributed by atoms with Crippen molar-refractivity contribution in [1.29, 1.82) is 0 Å². The van der Waals surface area contributed by atoms with Gasteiger partial charge in [-0.05, 0) is 43.2 Å². The lowest BCUT2D eigenvalue weighted by Crippen LogP contribution is -2.40. The first-order valence-electron chi connectivity index (χ1n) is 6.91. The largest absolute Gasteiger partial charge is 0.466 e. The number of hydrogen-bond acceptors (Lipinski definition) is 3. The van der Waals surface area contributed by atoms with Gasteiger partial charge < -0.3 is 20.2 Å². The average molecular weight is 288 g/mol. The number of carbonyl (C=O) groups excluding carboxylic acids is 1. The number of rotatable bonds is 5. The van der Waals surface area contributed by atoms with Crippen molar-refractivity contribution in [1.82, 2.24) is 5.32 Å². The molecule has 0 saturated carbocycles. The van der Waals surface area contributed by atoms with Crippen LogP contribution in [0.3, 0.4) is 0 Å². The quantitative estimate of drug-likeness (QED) is 0.792. The lowest BCUT2D eigenvalue weighted by Gasteiger charge is -2.21. The van der Waals surface area contributed by atoms with Crippen LogP contribution in [-0.4, -0.2) is 17.7 Å². The van der Waals surface area contributed by atoms with Crippen LogP contribution in [0.2, 0.25) is 0 Å². The molecule has 0 bridgehead atoms. The molecule has 1 unspecified atom stereocenters. The maximum Gasteiger partial charge on any atom is 0.319 e. The van der Waals surface area contributed by atoms with Gasteiger partial charge in [0.1, 0.15) is 11.4 Å². The summed E-state index contributed by atoms with van der Waals surface area (Å²) in [5, 5.41) is 15.6. The average Bonchev–Trinajstić information content (AvgIpc) is 3.01. The normalized spacial score (nSPS) is 13.5. The molecular weight excluding hydrogens is 268 g/mol. The van der Waals surface area contributed by atoms with Crippen molar-refractivity contribution in [3.05, 3.63) is 54.0 Å². The topological polar surface area (TPSA) is 74.5 Å². The number of furan rings is 1. The van der Waals surface area contributed by atoms with Gasteiger partial charge in [-0.15, -0.1) is 0 Å². The van der Waals surface area contributed by atoms with Gasteiger partial charge in [0, 0.05) is 5.69 Å². The molecule has 0 radical (unpaired) electrons. The zero-order chi connectivity index (χ0) is 15.3. The van der Waals surface area contributed by atoms with Crippen molar-refractivity contribution < 1.29 is 14.3 Å². The van der Waals surface area contributed by atoms with Crippen molar-refractivity contribution in [2.45, 2.75) is 25.9 Å². The van der Waals surface area contributed by atoms with Crippen LogP contribution < -0.4 is 10.6 Å². The number of anilines is 1. The highest BCUT2D eigenvalue weighted by Gasteiger charge is 2.26. The predicted molar refractivity (Wildman–Crippen MR) is 81.1 cm³/mol. The van der Waals surface area contributed by atoms with Gasteiger partial charge in [-0.25, -0.2) is 4.79 Å². The standard InChI is InChI=1S/C16H20N2O3/c1-3-12-6-8-13(9-7-12)18-15(19)17-11-16(2,20)14-5-4-10-21-14/h4-10,20H,3,11H2,1-2H3,(H2,17,18,19). The van der Waals surface area contributed by atoms with Crippen LogP contribution >= 0.6 is 0 Å². The fourth-order valence-electron chi connectivity index (χ4n) is 1.92. The highest BCUT2D eigenvalue weighted by atomic mass is 16.4. The summed E-state index contributed by atoms with van der Waals surface area (Å²) in [5.74, 6) is 0.412. The molecule has 0 saturated heterocycles. The van der Waals surface area contributed by atoms with Gasteiger partial charge in [-0.3, -0.25) is 0 Å². The summed E-state index contributed by atoms with van der Waals surface area (Å²) in [6.07, 6.45) is 2.44.